The van der Waals surface area contributed by atoms with Crippen LogP contribution in [0.4, 0.5) is 0 Å². The number of aliphatic hydroxyl groups excluding tert-OH is 1. The van der Waals surface area contributed by atoms with Crippen LogP contribution in [0.25, 0.3) is 6.08 Å². The average molecular weight is 275 g/mol. The molecular formula is C18H29NO. The number of benzene rings is 1. The molecule has 0 bridgehead atoms. The van der Waals surface area contributed by atoms with Crippen LogP contribution < -0.4 is 0 Å². The third kappa shape index (κ3) is 6.88. The molecule has 0 heterocycles. The molecule has 2 unspecified atom stereocenters. The maximum Gasteiger partial charge on any atom is 0.0764 e. The zero-order valence-corrected chi connectivity index (χ0v) is 13.1. The van der Waals surface area contributed by atoms with E-state index >= 15 is 0 Å². The Kier molecular flexibility index (Phi) is 8.24. The Morgan fingerprint density at radius 2 is 1.85 bits per heavy atom. The van der Waals surface area contributed by atoms with Gasteiger partial charge in [-0.2, -0.15) is 0 Å². The van der Waals surface area contributed by atoms with Crippen LogP contribution in [0.5, 0.6) is 0 Å². The summed E-state index contributed by atoms with van der Waals surface area (Å²) >= 11 is 0. The number of nitrogens with zero attached hydrogens (tertiary/aromatic N) is 1. The fraction of sp³-hybridized carbons (Fsp3) is 0.556. The molecule has 0 saturated carbocycles. The summed E-state index contributed by atoms with van der Waals surface area (Å²) in [6, 6.07) is 10.2. The van der Waals surface area contributed by atoms with Gasteiger partial charge in [-0.15, -0.1) is 0 Å². The first-order valence-corrected chi connectivity index (χ1v) is 7.69. The summed E-state index contributed by atoms with van der Waals surface area (Å²) in [4.78, 5) is 2.16. The van der Waals surface area contributed by atoms with E-state index in [1.807, 2.05) is 30.4 Å². The lowest BCUT2D eigenvalue weighted by Crippen LogP contribution is -2.30. The fourth-order valence-electron chi connectivity index (χ4n) is 2.43. The number of unbranched alkanes of at least 4 members (excludes halogenated alkanes) is 2. The van der Waals surface area contributed by atoms with Crippen molar-refractivity contribution in [2.75, 3.05) is 20.6 Å². The molecule has 0 aliphatic heterocycles. The van der Waals surface area contributed by atoms with Gasteiger partial charge in [0.1, 0.15) is 0 Å². The Labute approximate surface area is 124 Å². The van der Waals surface area contributed by atoms with Crippen molar-refractivity contribution in [1.82, 2.24) is 4.90 Å². The predicted octanol–water partition coefficient (Wildman–Crippen LogP) is 3.82. The zero-order valence-electron chi connectivity index (χ0n) is 13.1. The summed E-state index contributed by atoms with van der Waals surface area (Å²) in [5.41, 5.74) is 1.14. The van der Waals surface area contributed by atoms with Gasteiger partial charge in [-0.3, -0.25) is 0 Å². The van der Waals surface area contributed by atoms with Crippen molar-refractivity contribution < 1.29 is 5.11 Å². The number of hydrogen-bond donors (Lipinski definition) is 1. The maximum absolute atomic E-state index is 10.4. The molecule has 1 N–H and O–H groups in total. The van der Waals surface area contributed by atoms with Gasteiger partial charge in [0, 0.05) is 12.5 Å². The maximum atomic E-state index is 10.4. The highest BCUT2D eigenvalue weighted by Crippen LogP contribution is 2.17. The highest BCUT2D eigenvalue weighted by molar-refractivity contribution is 5.49. The number of rotatable bonds is 9. The molecule has 2 nitrogen and oxygen atoms in total. The smallest absolute Gasteiger partial charge is 0.0764 e. The van der Waals surface area contributed by atoms with E-state index in [0.29, 0.717) is 5.92 Å². The second-order valence-corrected chi connectivity index (χ2v) is 5.78. The van der Waals surface area contributed by atoms with E-state index in [2.05, 4.69) is 38.1 Å². The molecule has 0 aliphatic rings. The Bertz CT molecular complexity index is 372. The molecule has 0 saturated heterocycles. The van der Waals surface area contributed by atoms with Gasteiger partial charge in [0.05, 0.1) is 6.10 Å². The molecule has 0 fully saturated rings. The highest BCUT2D eigenvalue weighted by atomic mass is 16.3. The van der Waals surface area contributed by atoms with E-state index in [-0.39, 0.29) is 6.10 Å². The molecule has 1 rings (SSSR count). The Balaban J connectivity index is 2.57. The zero-order chi connectivity index (χ0) is 14.8. The first kappa shape index (κ1) is 16.9. The monoisotopic (exact) mass is 275 g/mol. The van der Waals surface area contributed by atoms with Crippen LogP contribution in [0.15, 0.2) is 36.4 Å². The van der Waals surface area contributed by atoms with E-state index in [1.54, 1.807) is 0 Å². The first-order chi connectivity index (χ1) is 9.63. The molecule has 112 valence electrons. The first-order valence-electron chi connectivity index (χ1n) is 7.69. The van der Waals surface area contributed by atoms with Crippen molar-refractivity contribution >= 4 is 6.08 Å². The van der Waals surface area contributed by atoms with Crippen LogP contribution in [-0.2, 0) is 0 Å². The molecule has 1 aromatic carbocycles. The summed E-state index contributed by atoms with van der Waals surface area (Å²) < 4.78 is 0. The van der Waals surface area contributed by atoms with E-state index < -0.39 is 0 Å². The van der Waals surface area contributed by atoms with Crippen LogP contribution in [-0.4, -0.2) is 36.8 Å². The molecule has 0 aliphatic carbocycles. The van der Waals surface area contributed by atoms with Gasteiger partial charge in [-0.25, -0.2) is 0 Å². The van der Waals surface area contributed by atoms with Crippen molar-refractivity contribution in [3.05, 3.63) is 42.0 Å². The molecular weight excluding hydrogens is 246 g/mol. The summed E-state index contributed by atoms with van der Waals surface area (Å²) in [6.07, 6.45) is 8.36. The van der Waals surface area contributed by atoms with Gasteiger partial charge in [-0.05, 0) is 26.1 Å². The second kappa shape index (κ2) is 9.73. The van der Waals surface area contributed by atoms with E-state index in [9.17, 15) is 5.11 Å². The van der Waals surface area contributed by atoms with E-state index in [0.717, 1.165) is 18.5 Å². The summed E-state index contributed by atoms with van der Waals surface area (Å²) in [5, 5.41) is 10.4. The molecule has 1 aromatic rings. The van der Waals surface area contributed by atoms with Crippen molar-refractivity contribution in [3.8, 4) is 0 Å². The standard InChI is InChI=1S/C18H29NO/c1-4-5-7-12-17(15-19(2)3)18(20)14-13-16-10-8-6-9-11-16/h6,8-11,13-14,17-18,20H,4-5,7,12,15H2,1-3H3/b14-13-. The lowest BCUT2D eigenvalue weighted by molar-refractivity contribution is 0.122. The van der Waals surface area contributed by atoms with Crippen LogP contribution >= 0.6 is 0 Å². The lowest BCUT2D eigenvalue weighted by Gasteiger charge is -2.24. The van der Waals surface area contributed by atoms with Crippen LogP contribution in [0, 0.1) is 5.92 Å². The summed E-state index contributed by atoms with van der Waals surface area (Å²) in [7, 11) is 4.14. The highest BCUT2D eigenvalue weighted by Gasteiger charge is 2.17. The number of aliphatic hydroxyl groups is 1. The fourth-order valence-corrected chi connectivity index (χ4v) is 2.43. The van der Waals surface area contributed by atoms with Crippen LogP contribution in [0.3, 0.4) is 0 Å². The van der Waals surface area contributed by atoms with Gasteiger partial charge < -0.3 is 10.0 Å². The SMILES string of the molecule is CCCCCC(CN(C)C)C(O)/C=C\c1ccccc1. The van der Waals surface area contributed by atoms with Crippen molar-refractivity contribution in [2.45, 2.75) is 38.7 Å². The van der Waals surface area contributed by atoms with Gasteiger partial charge in [-0.1, -0.05) is 68.7 Å². The minimum absolute atomic E-state index is 0.316. The molecule has 20 heavy (non-hydrogen) atoms. The third-order valence-electron chi connectivity index (χ3n) is 3.55. The Hall–Kier alpha value is -1.12. The van der Waals surface area contributed by atoms with E-state index in [1.165, 1.54) is 19.3 Å². The van der Waals surface area contributed by atoms with Crippen LogP contribution in [0.2, 0.25) is 0 Å². The van der Waals surface area contributed by atoms with Gasteiger partial charge in [0.25, 0.3) is 0 Å². The Morgan fingerprint density at radius 1 is 1.15 bits per heavy atom. The number of hydrogen-bond acceptors (Lipinski definition) is 2. The second-order valence-electron chi connectivity index (χ2n) is 5.78. The summed E-state index contributed by atoms with van der Waals surface area (Å²) in [6.45, 7) is 3.15. The Morgan fingerprint density at radius 3 is 2.45 bits per heavy atom. The van der Waals surface area contributed by atoms with E-state index in [4.69, 9.17) is 0 Å². The van der Waals surface area contributed by atoms with Gasteiger partial charge in [0.15, 0.2) is 0 Å². The molecule has 2 heteroatoms. The van der Waals surface area contributed by atoms with Crippen molar-refractivity contribution in [1.29, 1.82) is 0 Å². The van der Waals surface area contributed by atoms with Crippen LogP contribution in [0.1, 0.15) is 38.2 Å². The minimum Gasteiger partial charge on any atom is -0.389 e. The van der Waals surface area contributed by atoms with Crippen molar-refractivity contribution in [3.63, 3.8) is 0 Å². The molecule has 0 spiro atoms. The predicted molar refractivity (Wildman–Crippen MR) is 87.7 cm³/mol. The largest absolute Gasteiger partial charge is 0.389 e. The van der Waals surface area contributed by atoms with Crippen molar-refractivity contribution in [2.24, 2.45) is 5.92 Å². The van der Waals surface area contributed by atoms with Gasteiger partial charge >= 0.3 is 0 Å². The molecule has 0 amide bonds. The normalized spacial score (nSPS) is 14.8. The lowest BCUT2D eigenvalue weighted by atomic mass is 9.94. The molecule has 0 radical (unpaired) electrons. The quantitative estimate of drug-likeness (QED) is 0.693. The topological polar surface area (TPSA) is 23.5 Å². The third-order valence-corrected chi connectivity index (χ3v) is 3.55. The summed E-state index contributed by atoms with van der Waals surface area (Å²) in [5.74, 6) is 0.316. The van der Waals surface area contributed by atoms with Gasteiger partial charge in [0.2, 0.25) is 0 Å². The average Bonchev–Trinajstić information content (AvgIpc) is 2.44. The molecule has 2 atom stereocenters. The molecule has 0 aromatic heterocycles. The minimum atomic E-state index is -0.366.